The second kappa shape index (κ2) is 7.98. The van der Waals surface area contributed by atoms with E-state index in [1.165, 1.54) is 11.6 Å². The molecule has 2 aliphatic rings. The predicted molar refractivity (Wildman–Crippen MR) is 108 cm³/mol. The molecular weight excluding hydrogens is 371 g/mol. The van der Waals surface area contributed by atoms with Crippen molar-refractivity contribution in [2.24, 2.45) is 5.73 Å². The number of aromatic carboxylic acids is 1. The van der Waals surface area contributed by atoms with Crippen LogP contribution in [-0.4, -0.2) is 47.0 Å². The van der Waals surface area contributed by atoms with Crippen molar-refractivity contribution in [2.45, 2.75) is 31.7 Å². The molecule has 0 saturated carbocycles. The summed E-state index contributed by atoms with van der Waals surface area (Å²) in [5.41, 5.74) is 9.32. The number of hydrogen-bond acceptors (Lipinski definition) is 6. The number of carboxylic acid groups (broad SMARTS) is 1. The van der Waals surface area contributed by atoms with Gasteiger partial charge in [0.15, 0.2) is 5.78 Å². The molecule has 8 heteroatoms. The van der Waals surface area contributed by atoms with Crippen LogP contribution in [0.25, 0.3) is 0 Å². The van der Waals surface area contributed by atoms with Gasteiger partial charge in [-0.25, -0.2) is 4.79 Å². The summed E-state index contributed by atoms with van der Waals surface area (Å²) in [4.78, 5) is 26.5. The number of ketones is 1. The molecule has 2 aromatic carbocycles. The fourth-order valence-electron chi connectivity index (χ4n) is 4.16. The van der Waals surface area contributed by atoms with Crippen LogP contribution < -0.4 is 10.4 Å². The number of fused-ring (bicyclic) bond motifs is 2. The second-order valence-corrected chi connectivity index (χ2v) is 7.68. The molecule has 0 aromatic heterocycles. The molecule has 0 spiro atoms. The van der Waals surface area contributed by atoms with E-state index in [1.54, 1.807) is 12.1 Å². The van der Waals surface area contributed by atoms with Gasteiger partial charge in [0.2, 0.25) is 0 Å². The molecule has 2 aromatic rings. The zero-order valence-electron chi connectivity index (χ0n) is 16.0. The maximum Gasteiger partial charge on any atom is 0.526 e. The molecule has 0 bridgehead atoms. The Morgan fingerprint density at radius 3 is 2.72 bits per heavy atom. The molecule has 4 rings (SSSR count). The quantitative estimate of drug-likeness (QED) is 0.505. The summed E-state index contributed by atoms with van der Waals surface area (Å²) in [5, 5.41) is 19.7. The molecule has 0 aliphatic carbocycles. The van der Waals surface area contributed by atoms with Gasteiger partial charge in [0.25, 0.3) is 0 Å². The third-order valence-corrected chi connectivity index (χ3v) is 5.66. The average Bonchev–Trinajstić information content (AvgIpc) is 3.09. The van der Waals surface area contributed by atoms with Crippen LogP contribution in [0, 0.1) is 0 Å². The Bertz CT molecular complexity index is 964. The van der Waals surface area contributed by atoms with E-state index in [9.17, 15) is 19.7 Å². The first-order chi connectivity index (χ1) is 14.0. The highest BCUT2D eigenvalue weighted by atomic mass is 16.5. The Balaban J connectivity index is 1.48. The number of rotatable bonds is 6. The van der Waals surface area contributed by atoms with Crippen LogP contribution in [0.3, 0.4) is 0 Å². The van der Waals surface area contributed by atoms with Gasteiger partial charge in [-0.15, -0.1) is 0 Å². The SMILES string of the molecule is NCCN1Cc2ccc(C(=O)C[C@H]3Cc4cccc(C(=O)O)c4OB3O)cc2C1. The van der Waals surface area contributed by atoms with Gasteiger partial charge in [0, 0.05) is 44.0 Å². The van der Waals surface area contributed by atoms with Crippen molar-refractivity contribution in [1.29, 1.82) is 0 Å². The molecule has 150 valence electrons. The number of hydrogen-bond donors (Lipinski definition) is 3. The van der Waals surface area contributed by atoms with E-state index in [4.69, 9.17) is 10.4 Å². The van der Waals surface area contributed by atoms with E-state index in [0.717, 1.165) is 25.2 Å². The van der Waals surface area contributed by atoms with Crippen LogP contribution in [0.1, 0.15) is 43.8 Å². The van der Waals surface area contributed by atoms with Gasteiger partial charge >= 0.3 is 13.1 Å². The van der Waals surface area contributed by atoms with E-state index in [-0.39, 0.29) is 23.5 Å². The lowest BCUT2D eigenvalue weighted by atomic mass is 9.64. The van der Waals surface area contributed by atoms with Crippen LogP contribution in [0.4, 0.5) is 0 Å². The molecule has 0 fully saturated rings. The normalized spacial score (nSPS) is 18.1. The number of carbonyl (C=O) groups is 2. The topological polar surface area (TPSA) is 113 Å². The van der Waals surface area contributed by atoms with E-state index in [1.807, 2.05) is 18.2 Å². The van der Waals surface area contributed by atoms with Crippen molar-refractivity contribution in [3.05, 3.63) is 64.2 Å². The Labute approximate surface area is 169 Å². The van der Waals surface area contributed by atoms with Crippen molar-refractivity contribution in [3.63, 3.8) is 0 Å². The third kappa shape index (κ3) is 3.91. The van der Waals surface area contributed by atoms with Crippen molar-refractivity contribution in [3.8, 4) is 5.75 Å². The van der Waals surface area contributed by atoms with Crippen molar-refractivity contribution >= 4 is 18.9 Å². The molecular formula is C21H23BN2O5. The first-order valence-electron chi connectivity index (χ1n) is 9.73. The fourth-order valence-corrected chi connectivity index (χ4v) is 4.16. The first-order valence-corrected chi connectivity index (χ1v) is 9.73. The van der Waals surface area contributed by atoms with Gasteiger partial charge in [0.05, 0.1) is 5.56 Å². The maximum atomic E-state index is 12.9. The van der Waals surface area contributed by atoms with Gasteiger partial charge in [-0.05, 0) is 35.2 Å². The number of para-hydroxylation sites is 1. The molecule has 0 amide bonds. The van der Waals surface area contributed by atoms with Gasteiger partial charge in [-0.2, -0.15) is 0 Å². The summed E-state index contributed by atoms with van der Waals surface area (Å²) in [7, 11) is -1.22. The Morgan fingerprint density at radius 1 is 1.17 bits per heavy atom. The predicted octanol–water partition coefficient (Wildman–Crippen LogP) is 1.72. The number of Topliss-reactive ketones (excluding diaryl/α,β-unsaturated/α-hetero) is 1. The van der Waals surface area contributed by atoms with E-state index in [2.05, 4.69) is 4.90 Å². The standard InChI is InChI=1S/C21H23BN2O5/c23-6-7-24-11-15-5-4-13(8-16(15)12-24)19(25)10-17-9-14-2-1-3-18(21(26)27)20(14)29-22(17)28/h1-5,8,17,28H,6-7,9-12,23H2,(H,26,27)/t17-/m1/s1. The first kappa shape index (κ1) is 19.6. The lowest BCUT2D eigenvalue weighted by molar-refractivity contribution is 0.0693. The Morgan fingerprint density at radius 2 is 1.97 bits per heavy atom. The van der Waals surface area contributed by atoms with Crippen molar-refractivity contribution < 1.29 is 24.4 Å². The molecule has 0 saturated heterocycles. The molecule has 29 heavy (non-hydrogen) atoms. The van der Waals surface area contributed by atoms with Gasteiger partial charge < -0.3 is 20.5 Å². The minimum Gasteiger partial charge on any atom is -0.535 e. The summed E-state index contributed by atoms with van der Waals surface area (Å²) in [6.07, 6.45) is 0.516. The lowest BCUT2D eigenvalue weighted by Gasteiger charge is -2.28. The molecule has 2 heterocycles. The monoisotopic (exact) mass is 394 g/mol. The molecule has 1 atom stereocenters. The van der Waals surface area contributed by atoms with E-state index < -0.39 is 18.9 Å². The van der Waals surface area contributed by atoms with Gasteiger partial charge in [-0.3, -0.25) is 9.69 Å². The van der Waals surface area contributed by atoms with Gasteiger partial charge in [0.1, 0.15) is 5.75 Å². The minimum atomic E-state index is -1.22. The summed E-state index contributed by atoms with van der Waals surface area (Å²) in [6, 6.07) is 10.6. The maximum absolute atomic E-state index is 12.9. The number of carbonyl (C=O) groups excluding carboxylic acids is 1. The summed E-state index contributed by atoms with van der Waals surface area (Å²) in [5.74, 6) is -1.41. The number of nitrogens with two attached hydrogens (primary N) is 1. The van der Waals surface area contributed by atoms with Crippen molar-refractivity contribution in [2.75, 3.05) is 13.1 Å². The minimum absolute atomic E-state index is 0.0204. The average molecular weight is 394 g/mol. The summed E-state index contributed by atoms with van der Waals surface area (Å²) in [6.45, 7) is 3.05. The van der Waals surface area contributed by atoms with Gasteiger partial charge in [-0.1, -0.05) is 24.3 Å². The third-order valence-electron chi connectivity index (χ3n) is 5.66. The molecule has 0 radical (unpaired) electrons. The fraction of sp³-hybridized carbons (Fsp3) is 0.333. The number of carboxylic acids is 1. The summed E-state index contributed by atoms with van der Waals surface area (Å²) >= 11 is 0. The highest BCUT2D eigenvalue weighted by molar-refractivity contribution is 6.47. The van der Waals surface area contributed by atoms with Crippen LogP contribution in [0.2, 0.25) is 5.82 Å². The Kier molecular flexibility index (Phi) is 5.40. The van der Waals surface area contributed by atoms with Crippen LogP contribution in [0.5, 0.6) is 5.75 Å². The number of nitrogens with zero attached hydrogens (tertiary/aromatic N) is 1. The second-order valence-electron chi connectivity index (χ2n) is 7.68. The molecule has 7 nitrogen and oxygen atoms in total. The highest BCUT2D eigenvalue weighted by Gasteiger charge is 2.38. The van der Waals surface area contributed by atoms with Crippen LogP contribution in [0.15, 0.2) is 36.4 Å². The van der Waals surface area contributed by atoms with Crippen LogP contribution >= 0.6 is 0 Å². The Hall–Kier alpha value is -2.68. The number of benzene rings is 2. The molecule has 0 unspecified atom stereocenters. The smallest absolute Gasteiger partial charge is 0.526 e. The summed E-state index contributed by atoms with van der Waals surface area (Å²) < 4.78 is 5.49. The van der Waals surface area contributed by atoms with E-state index in [0.29, 0.717) is 24.1 Å². The highest BCUT2D eigenvalue weighted by Crippen LogP contribution is 2.37. The largest absolute Gasteiger partial charge is 0.535 e. The molecule has 2 aliphatic heterocycles. The van der Waals surface area contributed by atoms with E-state index >= 15 is 0 Å². The van der Waals surface area contributed by atoms with Crippen molar-refractivity contribution in [1.82, 2.24) is 4.90 Å². The van der Waals surface area contributed by atoms with Crippen LogP contribution in [-0.2, 0) is 19.5 Å². The zero-order chi connectivity index (χ0) is 20.5. The lowest BCUT2D eigenvalue weighted by Crippen LogP contribution is -2.35. The zero-order valence-corrected chi connectivity index (χ0v) is 16.0. The molecule has 4 N–H and O–H groups in total.